The second-order valence-corrected chi connectivity index (χ2v) is 7.23. The Kier molecular flexibility index (Phi) is 6.29. The van der Waals surface area contributed by atoms with E-state index in [-0.39, 0.29) is 6.04 Å². The SMILES string of the molecule is CCN1CCN([C@@H](c2cccc(OC)c2OC)c2nnnn2Cc2ccco2)CC1. The minimum absolute atomic E-state index is 0.168. The van der Waals surface area contributed by atoms with E-state index in [0.717, 1.165) is 49.9 Å². The number of tetrazole rings is 1. The molecule has 0 aliphatic carbocycles. The van der Waals surface area contributed by atoms with Crippen molar-refractivity contribution in [3.63, 3.8) is 0 Å². The highest BCUT2D eigenvalue weighted by molar-refractivity contribution is 5.49. The monoisotopic (exact) mass is 412 g/mol. The van der Waals surface area contributed by atoms with Crippen LogP contribution in [0.1, 0.15) is 30.1 Å². The fraction of sp³-hybridized carbons (Fsp3) is 0.476. The summed E-state index contributed by atoms with van der Waals surface area (Å²) in [6.45, 7) is 7.53. The fourth-order valence-corrected chi connectivity index (χ4v) is 4.03. The van der Waals surface area contributed by atoms with Gasteiger partial charge >= 0.3 is 0 Å². The second kappa shape index (κ2) is 9.27. The molecule has 160 valence electrons. The van der Waals surface area contributed by atoms with Gasteiger partial charge in [0.2, 0.25) is 0 Å². The summed E-state index contributed by atoms with van der Waals surface area (Å²) < 4.78 is 18.6. The number of furan rings is 1. The molecule has 1 aliphatic heterocycles. The quantitative estimate of drug-likeness (QED) is 0.556. The molecule has 0 N–H and O–H groups in total. The standard InChI is InChI=1S/C21H28N6O3/c1-4-25-10-12-26(13-11-25)19(17-8-5-9-18(28-2)20(17)29-3)21-22-23-24-27(21)15-16-7-6-14-30-16/h5-9,14,19H,4,10-13,15H2,1-3H3/t19-/m0/s1. The molecule has 30 heavy (non-hydrogen) atoms. The van der Waals surface area contributed by atoms with Gasteiger partial charge in [0, 0.05) is 31.7 Å². The lowest BCUT2D eigenvalue weighted by molar-refractivity contribution is 0.107. The maximum atomic E-state index is 5.77. The number of rotatable bonds is 8. The van der Waals surface area contributed by atoms with Gasteiger partial charge in [0.1, 0.15) is 18.3 Å². The lowest BCUT2D eigenvalue weighted by Crippen LogP contribution is -2.48. The molecule has 2 aromatic heterocycles. The van der Waals surface area contributed by atoms with Crippen molar-refractivity contribution in [1.29, 1.82) is 0 Å². The van der Waals surface area contributed by atoms with Crippen LogP contribution in [0.25, 0.3) is 0 Å². The van der Waals surface area contributed by atoms with Crippen molar-refractivity contribution in [2.24, 2.45) is 0 Å². The highest BCUT2D eigenvalue weighted by Crippen LogP contribution is 2.39. The minimum Gasteiger partial charge on any atom is -0.493 e. The summed E-state index contributed by atoms with van der Waals surface area (Å²) in [6.07, 6.45) is 1.66. The van der Waals surface area contributed by atoms with Gasteiger partial charge in [0.05, 0.1) is 20.5 Å². The summed E-state index contributed by atoms with van der Waals surface area (Å²) in [5, 5.41) is 12.7. The average molecular weight is 412 g/mol. The first kappa shape index (κ1) is 20.4. The molecule has 0 bridgehead atoms. The number of likely N-dealkylation sites (N-methyl/N-ethyl adjacent to an activating group) is 1. The van der Waals surface area contributed by atoms with Crippen LogP contribution in [-0.2, 0) is 6.54 Å². The van der Waals surface area contributed by atoms with Crippen LogP contribution in [0.2, 0.25) is 0 Å². The van der Waals surface area contributed by atoms with E-state index < -0.39 is 0 Å². The van der Waals surface area contributed by atoms with Gasteiger partial charge in [-0.1, -0.05) is 19.1 Å². The summed E-state index contributed by atoms with van der Waals surface area (Å²) in [5.41, 5.74) is 0.984. The highest BCUT2D eigenvalue weighted by atomic mass is 16.5. The van der Waals surface area contributed by atoms with Crippen molar-refractivity contribution >= 4 is 0 Å². The zero-order valence-electron chi connectivity index (χ0n) is 17.7. The summed E-state index contributed by atoms with van der Waals surface area (Å²) >= 11 is 0. The Morgan fingerprint density at radius 1 is 1.07 bits per heavy atom. The Balaban J connectivity index is 1.75. The van der Waals surface area contributed by atoms with Gasteiger partial charge in [-0.3, -0.25) is 4.90 Å². The number of benzene rings is 1. The number of hydrogen-bond acceptors (Lipinski definition) is 8. The molecule has 0 saturated carbocycles. The first-order valence-electron chi connectivity index (χ1n) is 10.2. The van der Waals surface area contributed by atoms with Crippen LogP contribution in [0.3, 0.4) is 0 Å². The van der Waals surface area contributed by atoms with E-state index in [9.17, 15) is 0 Å². The second-order valence-electron chi connectivity index (χ2n) is 7.23. The van der Waals surface area contributed by atoms with E-state index in [1.54, 1.807) is 25.2 Å². The number of aromatic nitrogens is 4. The molecule has 0 unspecified atom stereocenters. The number of nitrogens with zero attached hydrogens (tertiary/aromatic N) is 6. The Hall–Kier alpha value is -2.91. The van der Waals surface area contributed by atoms with Crippen LogP contribution in [-0.4, -0.2) is 77.0 Å². The zero-order valence-corrected chi connectivity index (χ0v) is 17.7. The molecule has 9 heteroatoms. The van der Waals surface area contributed by atoms with Crippen molar-refractivity contribution in [3.05, 3.63) is 53.7 Å². The number of methoxy groups -OCH3 is 2. The largest absolute Gasteiger partial charge is 0.493 e. The first-order valence-corrected chi connectivity index (χ1v) is 10.2. The lowest BCUT2D eigenvalue weighted by Gasteiger charge is -2.38. The van der Waals surface area contributed by atoms with E-state index in [1.165, 1.54) is 0 Å². The fourth-order valence-electron chi connectivity index (χ4n) is 4.03. The van der Waals surface area contributed by atoms with Gasteiger partial charge in [0.25, 0.3) is 0 Å². The zero-order chi connectivity index (χ0) is 20.9. The molecule has 0 radical (unpaired) electrons. The molecular weight excluding hydrogens is 384 g/mol. The topological polar surface area (TPSA) is 81.7 Å². The first-order chi connectivity index (χ1) is 14.7. The van der Waals surface area contributed by atoms with E-state index >= 15 is 0 Å². The number of para-hydroxylation sites is 1. The molecule has 1 atom stereocenters. The smallest absolute Gasteiger partial charge is 0.173 e. The molecule has 1 aliphatic rings. The molecule has 4 rings (SSSR count). The maximum absolute atomic E-state index is 5.77. The van der Waals surface area contributed by atoms with Crippen LogP contribution in [0, 0.1) is 0 Å². The molecule has 1 fully saturated rings. The summed E-state index contributed by atoms with van der Waals surface area (Å²) in [7, 11) is 3.32. The molecular formula is C21H28N6O3. The normalized spacial score (nSPS) is 16.5. The van der Waals surface area contributed by atoms with Crippen molar-refractivity contribution in [1.82, 2.24) is 30.0 Å². The summed E-state index contributed by atoms with van der Waals surface area (Å²) in [6, 6.07) is 9.56. The van der Waals surface area contributed by atoms with Gasteiger partial charge in [-0.2, -0.15) is 0 Å². The lowest BCUT2D eigenvalue weighted by atomic mass is 10.0. The van der Waals surface area contributed by atoms with Gasteiger partial charge in [-0.25, -0.2) is 4.68 Å². The molecule has 0 spiro atoms. The molecule has 1 aromatic carbocycles. The summed E-state index contributed by atoms with van der Waals surface area (Å²) in [4.78, 5) is 4.86. The predicted octanol–water partition coefficient (Wildman–Crippen LogP) is 2.06. The van der Waals surface area contributed by atoms with E-state index in [2.05, 4.69) is 38.3 Å². The third kappa shape index (κ3) is 4.03. The van der Waals surface area contributed by atoms with Gasteiger partial charge in [-0.15, -0.1) is 5.10 Å². The van der Waals surface area contributed by atoms with Crippen molar-refractivity contribution < 1.29 is 13.9 Å². The van der Waals surface area contributed by atoms with Crippen LogP contribution < -0.4 is 9.47 Å². The average Bonchev–Trinajstić information content (AvgIpc) is 3.47. The van der Waals surface area contributed by atoms with Crippen LogP contribution in [0.5, 0.6) is 11.5 Å². The van der Waals surface area contributed by atoms with E-state index in [0.29, 0.717) is 18.0 Å². The number of piperazine rings is 1. The maximum Gasteiger partial charge on any atom is 0.173 e. The van der Waals surface area contributed by atoms with Crippen molar-refractivity contribution in [2.45, 2.75) is 19.5 Å². The highest BCUT2D eigenvalue weighted by Gasteiger charge is 2.33. The Morgan fingerprint density at radius 2 is 1.90 bits per heavy atom. The van der Waals surface area contributed by atoms with E-state index in [1.807, 2.05) is 24.3 Å². The van der Waals surface area contributed by atoms with Crippen molar-refractivity contribution in [3.8, 4) is 11.5 Å². The van der Waals surface area contributed by atoms with Crippen LogP contribution >= 0.6 is 0 Å². The Bertz CT molecular complexity index is 934. The molecule has 3 aromatic rings. The molecule has 9 nitrogen and oxygen atoms in total. The van der Waals surface area contributed by atoms with Gasteiger partial charge in [0.15, 0.2) is 17.3 Å². The van der Waals surface area contributed by atoms with Crippen LogP contribution in [0.15, 0.2) is 41.0 Å². The Morgan fingerprint density at radius 3 is 2.57 bits per heavy atom. The third-order valence-corrected chi connectivity index (χ3v) is 5.64. The molecule has 3 heterocycles. The summed E-state index contributed by atoms with van der Waals surface area (Å²) in [5.74, 6) is 2.95. The molecule has 1 saturated heterocycles. The Labute approximate surface area is 176 Å². The van der Waals surface area contributed by atoms with Gasteiger partial charge < -0.3 is 18.8 Å². The minimum atomic E-state index is -0.168. The predicted molar refractivity (Wildman–Crippen MR) is 111 cm³/mol. The van der Waals surface area contributed by atoms with Gasteiger partial charge in [-0.05, 0) is 35.2 Å². The van der Waals surface area contributed by atoms with Crippen molar-refractivity contribution in [2.75, 3.05) is 46.9 Å². The number of ether oxygens (including phenoxy) is 2. The van der Waals surface area contributed by atoms with E-state index in [4.69, 9.17) is 13.9 Å². The molecule has 0 amide bonds. The van der Waals surface area contributed by atoms with Crippen LogP contribution in [0.4, 0.5) is 0 Å². The third-order valence-electron chi connectivity index (χ3n) is 5.64. The number of hydrogen-bond donors (Lipinski definition) is 0.